The van der Waals surface area contributed by atoms with E-state index in [0.717, 1.165) is 5.56 Å². The largest absolute Gasteiger partial charge is 0.475 e. The van der Waals surface area contributed by atoms with E-state index in [1.54, 1.807) is 19.1 Å². The van der Waals surface area contributed by atoms with Crippen molar-refractivity contribution >= 4 is 28.9 Å². The summed E-state index contributed by atoms with van der Waals surface area (Å²) in [6, 6.07) is 7.21. The molecular weight excluding hydrogens is 312 g/mol. The van der Waals surface area contributed by atoms with Gasteiger partial charge in [-0.3, -0.25) is 0 Å². The molecule has 0 aliphatic carbocycles. The van der Waals surface area contributed by atoms with Gasteiger partial charge in [0.25, 0.3) is 0 Å². The summed E-state index contributed by atoms with van der Waals surface area (Å²) in [4.78, 5) is 16.6. The summed E-state index contributed by atoms with van der Waals surface area (Å²) >= 11 is 7.09. The van der Waals surface area contributed by atoms with Crippen LogP contribution in [0.25, 0.3) is 10.6 Å². The molecule has 2 N–H and O–H groups in total. The van der Waals surface area contributed by atoms with E-state index in [9.17, 15) is 4.79 Å². The summed E-state index contributed by atoms with van der Waals surface area (Å²) in [5, 5.41) is 1.31. The molecule has 0 saturated heterocycles. The molecule has 0 aliphatic heterocycles. The standard InChI is InChI=1S/C14H15ClN2O3S/c1-2-19-14(18)11-12(20-8-7-16)17-13(21-11)9-3-5-10(15)6-4-9/h3-6H,2,7-8,16H2,1H3. The van der Waals surface area contributed by atoms with Gasteiger partial charge in [-0.25, -0.2) is 9.78 Å². The molecular formula is C14H15ClN2O3S. The summed E-state index contributed by atoms with van der Waals surface area (Å²) in [6.45, 7) is 2.68. The minimum Gasteiger partial charge on any atom is -0.475 e. The number of hydrogen-bond acceptors (Lipinski definition) is 6. The van der Waals surface area contributed by atoms with Gasteiger partial charge in [0, 0.05) is 17.1 Å². The lowest BCUT2D eigenvalue weighted by Gasteiger charge is -2.03. The number of esters is 1. The Balaban J connectivity index is 2.34. The number of hydrogen-bond donors (Lipinski definition) is 1. The molecule has 0 fully saturated rings. The monoisotopic (exact) mass is 326 g/mol. The summed E-state index contributed by atoms with van der Waals surface area (Å²) in [7, 11) is 0. The molecule has 0 bridgehead atoms. The molecule has 0 unspecified atom stereocenters. The SMILES string of the molecule is CCOC(=O)c1sc(-c2ccc(Cl)cc2)nc1OCCN. The van der Waals surface area contributed by atoms with Crippen molar-refractivity contribution in [3.8, 4) is 16.5 Å². The van der Waals surface area contributed by atoms with Gasteiger partial charge in [-0.2, -0.15) is 0 Å². The average Bonchev–Trinajstić information content (AvgIpc) is 2.90. The Hall–Kier alpha value is -1.63. The van der Waals surface area contributed by atoms with Gasteiger partial charge in [0.15, 0.2) is 4.88 Å². The summed E-state index contributed by atoms with van der Waals surface area (Å²) in [6.07, 6.45) is 0. The molecule has 2 rings (SSSR count). The maximum atomic E-state index is 11.9. The number of carbonyl (C=O) groups is 1. The first-order valence-corrected chi connectivity index (χ1v) is 7.62. The van der Waals surface area contributed by atoms with Gasteiger partial charge in [0.1, 0.15) is 11.6 Å². The van der Waals surface area contributed by atoms with Crippen LogP contribution in [0.3, 0.4) is 0 Å². The van der Waals surface area contributed by atoms with Crippen LogP contribution in [0.15, 0.2) is 24.3 Å². The highest BCUT2D eigenvalue weighted by Crippen LogP contribution is 2.33. The molecule has 1 aromatic carbocycles. The van der Waals surface area contributed by atoms with Crippen molar-refractivity contribution in [1.82, 2.24) is 4.98 Å². The number of ether oxygens (including phenoxy) is 2. The first-order chi connectivity index (χ1) is 10.2. The minimum absolute atomic E-state index is 0.258. The third-order valence-corrected chi connectivity index (χ3v) is 3.82. The average molecular weight is 327 g/mol. The van der Waals surface area contributed by atoms with Crippen LogP contribution in [0.1, 0.15) is 16.6 Å². The molecule has 0 amide bonds. The lowest BCUT2D eigenvalue weighted by atomic mass is 10.2. The van der Waals surface area contributed by atoms with Crippen LogP contribution in [0, 0.1) is 0 Å². The smallest absolute Gasteiger partial charge is 0.354 e. The second-order valence-corrected chi connectivity index (χ2v) is 5.45. The first-order valence-electron chi connectivity index (χ1n) is 6.42. The fourth-order valence-electron chi connectivity index (χ4n) is 1.60. The third kappa shape index (κ3) is 3.93. The molecule has 21 heavy (non-hydrogen) atoms. The zero-order valence-electron chi connectivity index (χ0n) is 11.5. The summed E-state index contributed by atoms with van der Waals surface area (Å²) < 4.78 is 10.4. The van der Waals surface area contributed by atoms with E-state index in [0.29, 0.717) is 28.1 Å². The number of carbonyl (C=O) groups excluding carboxylic acids is 1. The normalized spacial score (nSPS) is 10.4. The van der Waals surface area contributed by atoms with Crippen molar-refractivity contribution in [3.63, 3.8) is 0 Å². The number of nitrogens with zero attached hydrogens (tertiary/aromatic N) is 1. The Morgan fingerprint density at radius 2 is 2.10 bits per heavy atom. The quantitative estimate of drug-likeness (QED) is 0.826. The van der Waals surface area contributed by atoms with E-state index in [2.05, 4.69) is 4.98 Å². The number of rotatable bonds is 6. The van der Waals surface area contributed by atoms with Gasteiger partial charge in [-0.1, -0.05) is 23.7 Å². The molecule has 0 spiro atoms. The number of thiazole rings is 1. The van der Waals surface area contributed by atoms with Crippen LogP contribution in [0.4, 0.5) is 0 Å². The van der Waals surface area contributed by atoms with Crippen molar-refractivity contribution in [2.45, 2.75) is 6.92 Å². The van der Waals surface area contributed by atoms with Crippen molar-refractivity contribution in [2.24, 2.45) is 5.73 Å². The van der Waals surface area contributed by atoms with Gasteiger partial charge in [0.2, 0.25) is 5.88 Å². The molecule has 0 radical (unpaired) electrons. The lowest BCUT2D eigenvalue weighted by Crippen LogP contribution is -2.13. The Morgan fingerprint density at radius 3 is 2.71 bits per heavy atom. The van der Waals surface area contributed by atoms with Gasteiger partial charge < -0.3 is 15.2 Å². The summed E-state index contributed by atoms with van der Waals surface area (Å²) in [5.41, 5.74) is 6.27. The Kier molecular flexibility index (Phi) is 5.55. The van der Waals surface area contributed by atoms with E-state index in [-0.39, 0.29) is 12.5 Å². The summed E-state index contributed by atoms with van der Waals surface area (Å²) in [5.74, 6) is -0.184. The molecule has 0 atom stereocenters. The van der Waals surface area contributed by atoms with E-state index in [1.807, 2.05) is 12.1 Å². The van der Waals surface area contributed by atoms with E-state index < -0.39 is 5.97 Å². The Morgan fingerprint density at radius 1 is 1.38 bits per heavy atom. The van der Waals surface area contributed by atoms with Gasteiger partial charge in [-0.05, 0) is 19.1 Å². The molecule has 0 aliphatic rings. The Labute approximate surface area is 131 Å². The molecule has 5 nitrogen and oxygen atoms in total. The third-order valence-electron chi connectivity index (χ3n) is 2.50. The Bertz CT molecular complexity index is 613. The van der Waals surface area contributed by atoms with Crippen LogP contribution in [0.2, 0.25) is 5.02 Å². The lowest BCUT2D eigenvalue weighted by molar-refractivity contribution is 0.0527. The van der Waals surface area contributed by atoms with Crippen LogP contribution in [-0.4, -0.2) is 30.7 Å². The maximum absolute atomic E-state index is 11.9. The molecule has 7 heteroatoms. The highest BCUT2D eigenvalue weighted by molar-refractivity contribution is 7.17. The zero-order valence-corrected chi connectivity index (χ0v) is 13.0. The number of benzene rings is 1. The highest BCUT2D eigenvalue weighted by atomic mass is 35.5. The molecule has 1 aromatic heterocycles. The fourth-order valence-corrected chi connectivity index (χ4v) is 2.64. The number of nitrogens with two attached hydrogens (primary N) is 1. The highest BCUT2D eigenvalue weighted by Gasteiger charge is 2.21. The van der Waals surface area contributed by atoms with Crippen LogP contribution >= 0.6 is 22.9 Å². The molecule has 1 heterocycles. The van der Waals surface area contributed by atoms with Crippen LogP contribution < -0.4 is 10.5 Å². The minimum atomic E-state index is -0.442. The fraction of sp³-hybridized carbons (Fsp3) is 0.286. The predicted octanol–water partition coefficient (Wildman–Crippen LogP) is 2.98. The van der Waals surface area contributed by atoms with Crippen molar-refractivity contribution < 1.29 is 14.3 Å². The van der Waals surface area contributed by atoms with E-state index in [4.69, 9.17) is 26.8 Å². The van der Waals surface area contributed by atoms with E-state index >= 15 is 0 Å². The van der Waals surface area contributed by atoms with Crippen molar-refractivity contribution in [1.29, 1.82) is 0 Å². The second kappa shape index (κ2) is 7.40. The van der Waals surface area contributed by atoms with Crippen molar-refractivity contribution in [3.05, 3.63) is 34.2 Å². The molecule has 112 valence electrons. The zero-order chi connectivity index (χ0) is 15.2. The van der Waals surface area contributed by atoms with Crippen LogP contribution in [-0.2, 0) is 4.74 Å². The van der Waals surface area contributed by atoms with Crippen molar-refractivity contribution in [2.75, 3.05) is 19.8 Å². The number of halogens is 1. The second-order valence-electron chi connectivity index (χ2n) is 4.02. The topological polar surface area (TPSA) is 74.4 Å². The molecule has 0 saturated carbocycles. The first kappa shape index (κ1) is 15.8. The van der Waals surface area contributed by atoms with Gasteiger partial charge in [0.05, 0.1) is 6.61 Å². The predicted molar refractivity (Wildman–Crippen MR) is 83.1 cm³/mol. The van der Waals surface area contributed by atoms with Gasteiger partial charge >= 0.3 is 5.97 Å². The van der Waals surface area contributed by atoms with Gasteiger partial charge in [-0.15, -0.1) is 11.3 Å². The van der Waals surface area contributed by atoms with E-state index in [1.165, 1.54) is 11.3 Å². The van der Waals surface area contributed by atoms with Crippen LogP contribution in [0.5, 0.6) is 5.88 Å². The number of aromatic nitrogens is 1. The molecule has 2 aromatic rings. The maximum Gasteiger partial charge on any atom is 0.354 e.